The molecule has 0 radical (unpaired) electrons. The molecule has 0 spiro atoms. The van der Waals surface area contributed by atoms with Crippen LogP contribution in [0.4, 0.5) is 0 Å². The summed E-state index contributed by atoms with van der Waals surface area (Å²) in [4.78, 5) is 0. The molecule has 0 nitrogen and oxygen atoms in total. The second-order valence-electron chi connectivity index (χ2n) is 32.7. The molecule has 0 unspecified atom stereocenters. The van der Waals surface area contributed by atoms with Crippen molar-refractivity contribution in [2.45, 2.75) is 23.7 Å². The van der Waals surface area contributed by atoms with E-state index in [0.717, 1.165) is 12.8 Å². The van der Waals surface area contributed by atoms with E-state index in [9.17, 15) is 0 Å². The van der Waals surface area contributed by atoms with Crippen LogP contribution in [0.5, 0.6) is 0 Å². The van der Waals surface area contributed by atoms with E-state index < -0.39 is 10.8 Å². The van der Waals surface area contributed by atoms with Crippen LogP contribution in [-0.2, 0) is 23.7 Å². The average Bonchev–Trinajstić information content (AvgIpc) is 1.54. The normalized spacial score (nSPS) is 13.7. The van der Waals surface area contributed by atoms with Crippen molar-refractivity contribution < 1.29 is 0 Å². The van der Waals surface area contributed by atoms with Crippen molar-refractivity contribution in [1.82, 2.24) is 0 Å². The largest absolute Gasteiger partial charge is 0.0713 e. The summed E-state index contributed by atoms with van der Waals surface area (Å²) in [5.41, 5.74) is 50.7. The van der Waals surface area contributed by atoms with Crippen molar-refractivity contribution in [1.29, 1.82) is 0 Å². The van der Waals surface area contributed by atoms with Crippen molar-refractivity contribution in [3.05, 3.63) is 570 Å². The van der Waals surface area contributed by atoms with Gasteiger partial charge in [-0.2, -0.15) is 0 Å². The number of fused-ring (bicyclic) bond motifs is 16. The zero-order valence-electron chi connectivity index (χ0n) is 66.3. The molecule has 0 fully saturated rings. The third-order valence-electron chi connectivity index (χ3n) is 26.4. The fourth-order valence-corrected chi connectivity index (χ4v) is 20.9. The van der Waals surface area contributed by atoms with Crippen LogP contribution < -0.4 is 0 Å². The molecule has 18 aromatic carbocycles. The van der Waals surface area contributed by atoms with Gasteiger partial charge in [0.15, 0.2) is 0 Å². The molecule has 0 aliphatic heterocycles. The second kappa shape index (κ2) is 29.0. The molecular weight excluding hydrogens is 1440 g/mol. The van der Waals surface area contributed by atoms with Gasteiger partial charge in [0.05, 0.1) is 10.8 Å². The summed E-state index contributed by atoms with van der Waals surface area (Å²) in [6, 6.07) is 162. The van der Waals surface area contributed by atoms with Gasteiger partial charge >= 0.3 is 0 Å². The number of hydrogen-bond donors (Lipinski definition) is 0. The van der Waals surface area contributed by atoms with Crippen LogP contribution in [-0.4, -0.2) is 0 Å². The van der Waals surface area contributed by atoms with Gasteiger partial charge in [-0.15, -0.1) is 0 Å². The van der Waals surface area contributed by atoms with Gasteiger partial charge in [-0.3, -0.25) is 0 Å². The lowest BCUT2D eigenvalue weighted by molar-refractivity contribution is 0.768. The maximum absolute atomic E-state index is 2.38. The molecule has 0 aromatic heterocycles. The third kappa shape index (κ3) is 11.5. The Balaban J connectivity index is 0.000000140. The SMILES string of the molecule is C(=C1c2ccccc2-c2ccccc21)c1ccc(-c2ccc(C3(c4ccc(C=C5c6ccccc6-c6ccccc65)cc4)c4ccccc4-c4ccccc43)cc2)cc1.C(=C1c2ccccc2Cc2ccccc21)c1ccc(-c2ccc(C3(c4ccc(C=C5c6ccccc6Cc6ccccc65)cc4)c4ccccc4-c4ccccc43)cc2)cc1. The van der Waals surface area contributed by atoms with Crippen molar-refractivity contribution in [3.63, 3.8) is 0 Å². The van der Waals surface area contributed by atoms with Crippen molar-refractivity contribution in [2.24, 2.45) is 0 Å². The molecule has 0 heteroatoms. The lowest BCUT2D eigenvalue weighted by Gasteiger charge is -2.34. The van der Waals surface area contributed by atoms with E-state index in [1.807, 2.05) is 0 Å². The van der Waals surface area contributed by atoms with Crippen LogP contribution in [0.3, 0.4) is 0 Å². The third-order valence-corrected chi connectivity index (χ3v) is 26.4. The van der Waals surface area contributed by atoms with Crippen LogP contribution in [0.25, 0.3) is 113 Å². The highest BCUT2D eigenvalue weighted by atomic mass is 14.5. The summed E-state index contributed by atoms with van der Waals surface area (Å²) >= 11 is 0. The van der Waals surface area contributed by atoms with Gasteiger partial charge in [-0.25, -0.2) is 0 Å². The Bertz CT molecular complexity index is 6970. The van der Waals surface area contributed by atoms with Gasteiger partial charge in [0.25, 0.3) is 0 Å². The number of hydrogen-bond acceptors (Lipinski definition) is 0. The van der Waals surface area contributed by atoms with E-state index in [2.05, 4.69) is 461 Å². The Morgan fingerprint density at radius 1 is 0.142 bits per heavy atom. The fourth-order valence-electron chi connectivity index (χ4n) is 20.9. The molecule has 24 rings (SSSR count). The van der Waals surface area contributed by atoms with E-state index in [-0.39, 0.29) is 0 Å². The lowest BCUT2D eigenvalue weighted by Crippen LogP contribution is -2.28. The maximum atomic E-state index is 2.38. The summed E-state index contributed by atoms with van der Waals surface area (Å²) in [6.45, 7) is 0. The first kappa shape index (κ1) is 70.3. The van der Waals surface area contributed by atoms with E-state index in [1.54, 1.807) is 0 Å². The monoisotopic (exact) mass is 1520 g/mol. The molecule has 18 aromatic rings. The molecule has 0 bridgehead atoms. The minimum Gasteiger partial charge on any atom is -0.0619 e. The van der Waals surface area contributed by atoms with Crippen LogP contribution in [0.1, 0.15) is 134 Å². The van der Waals surface area contributed by atoms with Crippen LogP contribution in [0.15, 0.2) is 437 Å². The van der Waals surface area contributed by atoms with Gasteiger partial charge in [0.1, 0.15) is 0 Å². The Morgan fingerprint density at radius 3 is 0.550 bits per heavy atom. The minimum absolute atomic E-state index is 0.464. The molecule has 0 heterocycles. The zero-order chi connectivity index (χ0) is 79.2. The lowest BCUT2D eigenvalue weighted by atomic mass is 9.67. The Labute approximate surface area is 702 Å². The van der Waals surface area contributed by atoms with Crippen molar-refractivity contribution in [2.75, 3.05) is 0 Å². The topological polar surface area (TPSA) is 0 Å². The molecule has 0 amide bonds. The Morgan fingerprint density at radius 2 is 0.308 bits per heavy atom. The molecular formula is C120H80. The highest BCUT2D eigenvalue weighted by Crippen LogP contribution is 2.59. The highest BCUT2D eigenvalue weighted by Gasteiger charge is 2.48. The van der Waals surface area contributed by atoms with E-state index in [4.69, 9.17) is 0 Å². The first-order valence-electron chi connectivity index (χ1n) is 42.1. The van der Waals surface area contributed by atoms with E-state index in [1.165, 1.54) is 223 Å². The standard InChI is InChI=1S/C61H42.C59H38/c1-5-17-51-45(13-1)39-46-14-2-6-18-52(46)57(51)37-41-25-29-43(30-26-41)44-31-35-50(36-32-44)61(59-23-11-9-21-55(59)56-22-10-12-24-60(56)61)49-33-27-42(28-34-49)38-58-53-19-7-3-15-47(53)40-48-16-4-8-20-54(48)58;1-5-17-49-45(13-1)46-14-2-6-18-50(46)55(49)37-39-25-29-41(30-26-39)42-31-35-44(36-32-42)59(57-23-11-9-21-53(57)54-22-10-12-24-58(54)59)43-33-27-40(28-34-43)38-56-51-19-7-3-15-47(51)48-16-4-8-20-52(48)56/h1-38H,39-40H2;1-38H. The zero-order valence-corrected chi connectivity index (χ0v) is 66.3. The predicted molar refractivity (Wildman–Crippen MR) is 501 cm³/mol. The Kier molecular flexibility index (Phi) is 17.0. The summed E-state index contributed by atoms with van der Waals surface area (Å²) < 4.78 is 0. The van der Waals surface area contributed by atoms with Crippen molar-refractivity contribution in [3.8, 4) is 66.8 Å². The molecule has 560 valence electrons. The fraction of sp³-hybridized carbons (Fsp3) is 0.0333. The van der Waals surface area contributed by atoms with Gasteiger partial charge < -0.3 is 0 Å². The smallest absolute Gasteiger partial charge is 0.0619 e. The summed E-state index contributed by atoms with van der Waals surface area (Å²) in [6.07, 6.45) is 11.4. The molecule has 0 saturated carbocycles. The average molecular weight is 1520 g/mol. The minimum atomic E-state index is -0.468. The molecule has 0 N–H and O–H groups in total. The van der Waals surface area contributed by atoms with Gasteiger partial charge in [0.2, 0.25) is 0 Å². The summed E-state index contributed by atoms with van der Waals surface area (Å²) in [5.74, 6) is 0. The molecule has 6 aliphatic carbocycles. The number of benzene rings is 18. The van der Waals surface area contributed by atoms with E-state index >= 15 is 0 Å². The molecule has 0 atom stereocenters. The predicted octanol–water partition coefficient (Wildman–Crippen LogP) is 29.6. The summed E-state index contributed by atoms with van der Waals surface area (Å²) in [7, 11) is 0. The maximum Gasteiger partial charge on any atom is 0.0713 e. The number of rotatable bonds is 10. The summed E-state index contributed by atoms with van der Waals surface area (Å²) in [5, 5.41) is 0. The van der Waals surface area contributed by atoms with Crippen LogP contribution in [0, 0.1) is 0 Å². The van der Waals surface area contributed by atoms with Gasteiger partial charge in [0, 0.05) is 0 Å². The molecule has 120 heavy (non-hydrogen) atoms. The van der Waals surface area contributed by atoms with E-state index in [0.29, 0.717) is 0 Å². The van der Waals surface area contributed by atoms with Crippen molar-refractivity contribution >= 4 is 46.6 Å². The first-order valence-corrected chi connectivity index (χ1v) is 42.1. The Hall–Kier alpha value is -15.1. The van der Waals surface area contributed by atoms with Crippen LogP contribution in [0.2, 0.25) is 0 Å². The quantitative estimate of drug-likeness (QED) is 0.128. The second-order valence-corrected chi connectivity index (χ2v) is 32.7. The van der Waals surface area contributed by atoms with Crippen LogP contribution >= 0.6 is 0 Å². The van der Waals surface area contributed by atoms with Gasteiger partial charge in [-0.05, 0) is 260 Å². The molecule has 0 saturated heterocycles. The first-order chi connectivity index (χ1) is 59.5. The highest BCUT2D eigenvalue weighted by molar-refractivity contribution is 6.08. The molecule has 6 aliphatic rings. The van der Waals surface area contributed by atoms with Gasteiger partial charge in [-0.1, -0.05) is 437 Å².